The molecule has 110 valence electrons. The van der Waals surface area contributed by atoms with E-state index in [1.807, 2.05) is 19.4 Å². The first-order valence-corrected chi connectivity index (χ1v) is 8.48. The first kappa shape index (κ1) is 15.2. The molecule has 7 heteroatoms. The molecule has 20 heavy (non-hydrogen) atoms. The summed E-state index contributed by atoms with van der Waals surface area (Å²) in [7, 11) is -0.0313. The molecule has 5 nitrogen and oxygen atoms in total. The van der Waals surface area contributed by atoms with Gasteiger partial charge in [-0.25, -0.2) is 8.42 Å². The fraction of sp³-hybridized carbons (Fsp3) is 0.385. The van der Waals surface area contributed by atoms with Crippen molar-refractivity contribution in [3.63, 3.8) is 0 Å². The highest BCUT2D eigenvalue weighted by atomic mass is 32.2. The van der Waals surface area contributed by atoms with E-state index in [2.05, 4.69) is 5.32 Å². The van der Waals surface area contributed by atoms with Crippen molar-refractivity contribution in [1.29, 1.82) is 0 Å². The van der Waals surface area contributed by atoms with Crippen LogP contribution in [0.1, 0.15) is 16.9 Å². The number of aryl methyl sites for hydroxylation is 1. The number of rotatable bonds is 6. The van der Waals surface area contributed by atoms with Gasteiger partial charge in [-0.1, -0.05) is 0 Å². The van der Waals surface area contributed by atoms with Gasteiger partial charge in [-0.3, -0.25) is 0 Å². The summed E-state index contributed by atoms with van der Waals surface area (Å²) in [5.74, 6) is 0.745. The molecule has 0 unspecified atom stereocenters. The molecule has 2 rings (SSSR count). The van der Waals surface area contributed by atoms with E-state index < -0.39 is 10.0 Å². The first-order chi connectivity index (χ1) is 9.45. The van der Waals surface area contributed by atoms with Gasteiger partial charge >= 0.3 is 0 Å². The minimum atomic E-state index is -3.45. The van der Waals surface area contributed by atoms with Crippen LogP contribution < -0.4 is 5.32 Å². The largest absolute Gasteiger partial charge is 0.469 e. The lowest BCUT2D eigenvalue weighted by Crippen LogP contribution is -2.25. The van der Waals surface area contributed by atoms with Crippen molar-refractivity contribution in [2.45, 2.75) is 24.2 Å². The number of nitrogens with zero attached hydrogens (tertiary/aromatic N) is 1. The fourth-order valence-corrected chi connectivity index (χ4v) is 4.41. The van der Waals surface area contributed by atoms with E-state index >= 15 is 0 Å². The van der Waals surface area contributed by atoms with Gasteiger partial charge < -0.3 is 9.73 Å². The van der Waals surface area contributed by atoms with E-state index in [0.717, 1.165) is 16.9 Å². The fourth-order valence-electron chi connectivity index (χ4n) is 1.84. The van der Waals surface area contributed by atoms with E-state index in [4.69, 9.17) is 4.42 Å². The molecule has 0 spiro atoms. The lowest BCUT2D eigenvalue weighted by molar-refractivity contribution is 0.460. The summed E-state index contributed by atoms with van der Waals surface area (Å²) in [6.07, 6.45) is 1.57. The first-order valence-electron chi connectivity index (χ1n) is 6.16. The van der Waals surface area contributed by atoms with Gasteiger partial charge in [-0.2, -0.15) is 4.31 Å². The summed E-state index contributed by atoms with van der Waals surface area (Å²) in [4.78, 5) is 0. The SMILES string of the molecule is CNCc1csc(S(=O)(=O)N(C)Cc2ccoc2C)c1. The number of sulfonamides is 1. The van der Waals surface area contributed by atoms with Crippen LogP contribution in [-0.4, -0.2) is 26.8 Å². The zero-order chi connectivity index (χ0) is 14.8. The average Bonchev–Trinajstić information content (AvgIpc) is 3.00. The molecule has 0 saturated heterocycles. The zero-order valence-corrected chi connectivity index (χ0v) is 13.3. The summed E-state index contributed by atoms with van der Waals surface area (Å²) >= 11 is 1.25. The van der Waals surface area contributed by atoms with Crippen LogP contribution in [0.25, 0.3) is 0 Å². The number of nitrogens with one attached hydrogen (secondary N) is 1. The molecular weight excluding hydrogens is 296 g/mol. The normalized spacial score (nSPS) is 12.2. The average molecular weight is 314 g/mol. The van der Waals surface area contributed by atoms with Gasteiger partial charge in [0, 0.05) is 25.7 Å². The predicted octanol–water partition coefficient (Wildman–Crippen LogP) is 2.19. The maximum atomic E-state index is 12.5. The second-order valence-electron chi connectivity index (χ2n) is 4.57. The summed E-state index contributed by atoms with van der Waals surface area (Å²) in [5.41, 5.74) is 1.85. The Balaban J connectivity index is 2.18. The van der Waals surface area contributed by atoms with Crippen molar-refractivity contribution < 1.29 is 12.8 Å². The van der Waals surface area contributed by atoms with Gasteiger partial charge in [0.15, 0.2) is 0 Å². The Bertz CT molecular complexity index is 673. The van der Waals surface area contributed by atoms with Gasteiger partial charge in [0.05, 0.1) is 6.26 Å². The Morgan fingerprint density at radius 1 is 1.45 bits per heavy atom. The highest BCUT2D eigenvalue weighted by Crippen LogP contribution is 2.25. The van der Waals surface area contributed by atoms with Crippen LogP contribution >= 0.6 is 11.3 Å². The van der Waals surface area contributed by atoms with Gasteiger partial charge in [0.1, 0.15) is 9.97 Å². The summed E-state index contributed by atoms with van der Waals surface area (Å²) < 4.78 is 31.9. The molecule has 2 aromatic heterocycles. The Morgan fingerprint density at radius 3 is 2.80 bits per heavy atom. The van der Waals surface area contributed by atoms with Crippen LogP contribution in [0.2, 0.25) is 0 Å². The number of hydrogen-bond acceptors (Lipinski definition) is 5. The van der Waals surface area contributed by atoms with Crippen molar-refractivity contribution in [2.24, 2.45) is 0 Å². The second-order valence-corrected chi connectivity index (χ2v) is 7.75. The summed E-state index contributed by atoms with van der Waals surface area (Å²) in [6.45, 7) is 2.80. The van der Waals surface area contributed by atoms with Crippen molar-refractivity contribution >= 4 is 21.4 Å². The van der Waals surface area contributed by atoms with Gasteiger partial charge in [0.2, 0.25) is 0 Å². The minimum absolute atomic E-state index is 0.309. The standard InChI is InChI=1S/C13H18N2O3S2/c1-10-12(4-5-18-10)8-15(3)20(16,17)13-6-11(7-14-2)9-19-13/h4-6,9,14H,7-8H2,1-3H3. The van der Waals surface area contributed by atoms with Crippen LogP contribution in [0.4, 0.5) is 0 Å². The van der Waals surface area contributed by atoms with Crippen molar-refractivity contribution in [2.75, 3.05) is 14.1 Å². The highest BCUT2D eigenvalue weighted by Gasteiger charge is 2.23. The maximum absolute atomic E-state index is 12.5. The molecule has 2 heterocycles. The van der Waals surface area contributed by atoms with Crippen molar-refractivity contribution in [3.8, 4) is 0 Å². The molecule has 0 aliphatic heterocycles. The third-order valence-corrected chi connectivity index (χ3v) is 6.30. The minimum Gasteiger partial charge on any atom is -0.469 e. The lowest BCUT2D eigenvalue weighted by Gasteiger charge is -2.15. The van der Waals surface area contributed by atoms with E-state index in [9.17, 15) is 8.42 Å². The molecule has 2 aromatic rings. The van der Waals surface area contributed by atoms with Gasteiger partial charge in [-0.05, 0) is 37.0 Å². The lowest BCUT2D eigenvalue weighted by atomic mass is 10.3. The summed E-state index contributed by atoms with van der Waals surface area (Å²) in [5, 5.41) is 4.87. The Morgan fingerprint density at radius 2 is 2.20 bits per heavy atom. The third kappa shape index (κ3) is 3.12. The molecule has 1 N–H and O–H groups in total. The van der Waals surface area contributed by atoms with Crippen LogP contribution in [-0.2, 0) is 23.1 Å². The molecule has 0 atom stereocenters. The molecule has 0 fully saturated rings. The molecular formula is C13H18N2O3S2. The molecule has 0 aromatic carbocycles. The van der Waals surface area contributed by atoms with Crippen LogP contribution in [0.3, 0.4) is 0 Å². The Labute approximate surface area is 123 Å². The Hall–Kier alpha value is -1.15. The number of thiophene rings is 1. The van der Waals surface area contributed by atoms with E-state index in [1.54, 1.807) is 25.4 Å². The number of furan rings is 1. The topological polar surface area (TPSA) is 62.6 Å². The van der Waals surface area contributed by atoms with Gasteiger partial charge in [0.25, 0.3) is 10.0 Å². The molecule has 0 bridgehead atoms. The zero-order valence-electron chi connectivity index (χ0n) is 11.7. The molecule has 0 saturated carbocycles. The maximum Gasteiger partial charge on any atom is 0.252 e. The van der Waals surface area contributed by atoms with Crippen LogP contribution in [0.15, 0.2) is 32.4 Å². The molecule has 0 amide bonds. The van der Waals surface area contributed by atoms with E-state index in [-0.39, 0.29) is 0 Å². The molecule has 0 aliphatic carbocycles. The number of hydrogen-bond donors (Lipinski definition) is 1. The smallest absolute Gasteiger partial charge is 0.252 e. The van der Waals surface area contributed by atoms with Crippen LogP contribution in [0.5, 0.6) is 0 Å². The van der Waals surface area contributed by atoms with E-state index in [0.29, 0.717) is 17.3 Å². The van der Waals surface area contributed by atoms with Crippen molar-refractivity contribution in [1.82, 2.24) is 9.62 Å². The third-order valence-electron chi connectivity index (χ3n) is 3.03. The molecule has 0 radical (unpaired) electrons. The highest BCUT2D eigenvalue weighted by molar-refractivity contribution is 7.91. The molecule has 0 aliphatic rings. The second kappa shape index (κ2) is 6.09. The quantitative estimate of drug-likeness (QED) is 0.888. The van der Waals surface area contributed by atoms with E-state index in [1.165, 1.54) is 15.6 Å². The predicted molar refractivity (Wildman–Crippen MR) is 79.2 cm³/mol. The summed E-state index contributed by atoms with van der Waals surface area (Å²) in [6, 6.07) is 3.51. The van der Waals surface area contributed by atoms with Gasteiger partial charge in [-0.15, -0.1) is 11.3 Å². The monoisotopic (exact) mass is 314 g/mol. The Kier molecular flexibility index (Phi) is 4.64. The van der Waals surface area contributed by atoms with Crippen LogP contribution in [0, 0.1) is 6.92 Å². The van der Waals surface area contributed by atoms with Crippen molar-refractivity contribution in [3.05, 3.63) is 40.7 Å².